The number of hydrogen-bond donors (Lipinski definition) is 3. The molecule has 17 heavy (non-hydrogen) atoms. The molecule has 1 heterocycles. The molecule has 0 spiro atoms. The van der Waals surface area contributed by atoms with E-state index in [1.54, 1.807) is 6.07 Å². The fourth-order valence-corrected chi connectivity index (χ4v) is 1.67. The van der Waals surface area contributed by atoms with Gasteiger partial charge in [-0.15, -0.1) is 0 Å². The second kappa shape index (κ2) is 3.65. The van der Waals surface area contributed by atoms with E-state index in [1.165, 1.54) is 0 Å². The molecule has 4 N–H and O–H groups in total. The Morgan fingerprint density at radius 1 is 1.59 bits per heavy atom. The number of hydrogen-bond acceptors (Lipinski definition) is 4. The van der Waals surface area contributed by atoms with E-state index < -0.39 is 11.7 Å². The summed E-state index contributed by atoms with van der Waals surface area (Å²) in [5, 5.41) is 9.56. The van der Waals surface area contributed by atoms with Crippen LogP contribution in [0.15, 0.2) is 6.07 Å². The van der Waals surface area contributed by atoms with Crippen molar-refractivity contribution in [3.63, 3.8) is 0 Å². The number of ether oxygens (including phenoxy) is 1. The molecule has 1 aliphatic carbocycles. The summed E-state index contributed by atoms with van der Waals surface area (Å²) in [5.41, 5.74) is 5.52. The molecule has 1 fully saturated rings. The normalized spacial score (nSPS) is 17.6. The van der Waals surface area contributed by atoms with Crippen molar-refractivity contribution in [2.24, 2.45) is 0 Å². The molecule has 0 unspecified atom stereocenters. The van der Waals surface area contributed by atoms with Crippen LogP contribution in [0.5, 0.6) is 0 Å². The zero-order valence-electron chi connectivity index (χ0n) is 10.3. The SMILES string of the molecule is CC(C)(C)OC(=O)NC1(c2cc(N)n[nH]2)CC1. The number of nitrogens with two attached hydrogens (primary N) is 1. The Hall–Kier alpha value is -1.72. The minimum Gasteiger partial charge on any atom is -0.444 e. The summed E-state index contributed by atoms with van der Waals surface area (Å²) in [7, 11) is 0. The number of rotatable bonds is 2. The second-order valence-electron chi connectivity index (χ2n) is 5.42. The third kappa shape index (κ3) is 2.69. The summed E-state index contributed by atoms with van der Waals surface area (Å²) in [6.45, 7) is 5.50. The molecule has 0 aromatic carbocycles. The molecule has 94 valence electrons. The quantitative estimate of drug-likeness (QED) is 0.728. The first-order chi connectivity index (χ1) is 7.81. The Kier molecular flexibility index (Phi) is 2.52. The van der Waals surface area contributed by atoms with E-state index in [4.69, 9.17) is 10.5 Å². The lowest BCUT2D eigenvalue weighted by atomic mass is 10.2. The Morgan fingerprint density at radius 2 is 2.24 bits per heavy atom. The molecule has 0 bridgehead atoms. The van der Waals surface area contributed by atoms with Crippen molar-refractivity contribution in [3.05, 3.63) is 11.8 Å². The molecule has 0 atom stereocenters. The zero-order chi connectivity index (χ0) is 12.7. The van der Waals surface area contributed by atoms with Crippen LogP contribution in [0.4, 0.5) is 10.6 Å². The third-order valence-corrected chi connectivity index (χ3v) is 2.60. The summed E-state index contributed by atoms with van der Waals surface area (Å²) in [5.74, 6) is 0.428. The van der Waals surface area contributed by atoms with E-state index in [2.05, 4.69) is 15.5 Å². The number of aromatic nitrogens is 2. The van der Waals surface area contributed by atoms with E-state index in [9.17, 15) is 4.79 Å². The van der Waals surface area contributed by atoms with Gasteiger partial charge in [-0.3, -0.25) is 5.10 Å². The average molecular weight is 238 g/mol. The van der Waals surface area contributed by atoms with Crippen LogP contribution in [0.2, 0.25) is 0 Å². The molecule has 6 heteroatoms. The molecule has 0 saturated heterocycles. The predicted octanol–water partition coefficient (Wildman–Crippen LogP) is 1.51. The van der Waals surface area contributed by atoms with Crippen LogP contribution in [0.25, 0.3) is 0 Å². The van der Waals surface area contributed by atoms with Gasteiger partial charge in [-0.05, 0) is 33.6 Å². The summed E-state index contributed by atoms with van der Waals surface area (Å²) < 4.78 is 5.23. The number of aromatic amines is 1. The van der Waals surface area contributed by atoms with Gasteiger partial charge in [0.2, 0.25) is 0 Å². The largest absolute Gasteiger partial charge is 0.444 e. The van der Waals surface area contributed by atoms with Crippen molar-refractivity contribution >= 4 is 11.9 Å². The first-order valence-corrected chi connectivity index (χ1v) is 5.63. The van der Waals surface area contributed by atoms with E-state index in [-0.39, 0.29) is 5.54 Å². The maximum absolute atomic E-state index is 11.7. The summed E-state index contributed by atoms with van der Waals surface area (Å²) in [6.07, 6.45) is 1.32. The van der Waals surface area contributed by atoms with Gasteiger partial charge in [-0.25, -0.2) is 4.79 Å². The standard InChI is InChI=1S/C11H18N4O2/c1-10(2,3)17-9(16)13-11(4-5-11)7-6-8(12)15-14-7/h6H,4-5H2,1-3H3,(H,13,16)(H3,12,14,15). The smallest absolute Gasteiger partial charge is 0.408 e. The zero-order valence-corrected chi connectivity index (χ0v) is 10.3. The van der Waals surface area contributed by atoms with Crippen molar-refractivity contribution in [1.82, 2.24) is 15.5 Å². The van der Waals surface area contributed by atoms with E-state index in [1.807, 2.05) is 20.8 Å². The van der Waals surface area contributed by atoms with Gasteiger partial charge in [0, 0.05) is 6.07 Å². The molecular weight excluding hydrogens is 220 g/mol. The Labute approximate surface area is 99.9 Å². The molecule has 1 saturated carbocycles. The Bertz CT molecular complexity index is 429. The number of carbonyl (C=O) groups excluding carboxylic acids is 1. The number of anilines is 1. The third-order valence-electron chi connectivity index (χ3n) is 2.60. The van der Waals surface area contributed by atoms with Crippen LogP contribution in [0.1, 0.15) is 39.3 Å². The number of nitrogen functional groups attached to an aromatic ring is 1. The second-order valence-corrected chi connectivity index (χ2v) is 5.42. The monoisotopic (exact) mass is 238 g/mol. The summed E-state index contributed by atoms with van der Waals surface area (Å²) >= 11 is 0. The van der Waals surface area contributed by atoms with Gasteiger partial charge in [-0.1, -0.05) is 0 Å². The van der Waals surface area contributed by atoms with E-state index in [0.717, 1.165) is 18.5 Å². The van der Waals surface area contributed by atoms with E-state index >= 15 is 0 Å². The average Bonchev–Trinajstić information content (AvgIpc) is 2.77. The molecule has 1 aromatic rings. The Morgan fingerprint density at radius 3 is 2.65 bits per heavy atom. The van der Waals surface area contributed by atoms with Gasteiger partial charge in [0.05, 0.1) is 11.2 Å². The van der Waals surface area contributed by atoms with Gasteiger partial charge >= 0.3 is 6.09 Å². The predicted molar refractivity (Wildman–Crippen MR) is 63.3 cm³/mol. The van der Waals surface area contributed by atoms with Gasteiger partial charge < -0.3 is 15.8 Å². The lowest BCUT2D eigenvalue weighted by Crippen LogP contribution is -2.39. The van der Waals surface area contributed by atoms with Crippen LogP contribution in [0, 0.1) is 0 Å². The minimum atomic E-state index is -0.493. The van der Waals surface area contributed by atoms with E-state index in [0.29, 0.717) is 5.82 Å². The fourth-order valence-electron chi connectivity index (χ4n) is 1.67. The van der Waals surface area contributed by atoms with Crippen molar-refractivity contribution in [2.45, 2.75) is 44.8 Å². The first kappa shape index (κ1) is 11.8. The van der Waals surface area contributed by atoms with Crippen molar-refractivity contribution < 1.29 is 9.53 Å². The lowest BCUT2D eigenvalue weighted by Gasteiger charge is -2.22. The highest BCUT2D eigenvalue weighted by molar-refractivity contribution is 5.70. The minimum absolute atomic E-state index is 0.368. The first-order valence-electron chi connectivity index (χ1n) is 5.63. The molecule has 0 radical (unpaired) electrons. The molecule has 6 nitrogen and oxygen atoms in total. The summed E-state index contributed by atoms with van der Waals surface area (Å²) in [6, 6.07) is 1.74. The topological polar surface area (TPSA) is 93.0 Å². The number of carbonyl (C=O) groups is 1. The highest BCUT2D eigenvalue weighted by atomic mass is 16.6. The van der Waals surface area contributed by atoms with Crippen LogP contribution in [0.3, 0.4) is 0 Å². The molecule has 1 aromatic heterocycles. The fraction of sp³-hybridized carbons (Fsp3) is 0.636. The number of amides is 1. The van der Waals surface area contributed by atoms with Crippen molar-refractivity contribution in [1.29, 1.82) is 0 Å². The van der Waals surface area contributed by atoms with Crippen LogP contribution in [-0.4, -0.2) is 21.9 Å². The molecule has 1 amide bonds. The molecule has 0 aliphatic heterocycles. The number of alkyl carbamates (subject to hydrolysis) is 1. The van der Waals surface area contributed by atoms with Crippen molar-refractivity contribution in [3.8, 4) is 0 Å². The van der Waals surface area contributed by atoms with Crippen LogP contribution >= 0.6 is 0 Å². The number of nitrogens with zero attached hydrogens (tertiary/aromatic N) is 1. The van der Waals surface area contributed by atoms with Crippen molar-refractivity contribution in [2.75, 3.05) is 5.73 Å². The molecule has 1 aliphatic rings. The van der Waals surface area contributed by atoms with Gasteiger partial charge in [0.15, 0.2) is 0 Å². The van der Waals surface area contributed by atoms with Gasteiger partial charge in [0.1, 0.15) is 11.4 Å². The molecule has 2 rings (SSSR count). The maximum Gasteiger partial charge on any atom is 0.408 e. The molecular formula is C11H18N4O2. The lowest BCUT2D eigenvalue weighted by molar-refractivity contribution is 0.0494. The van der Waals surface area contributed by atoms with Crippen LogP contribution < -0.4 is 11.1 Å². The highest BCUT2D eigenvalue weighted by Crippen LogP contribution is 2.45. The number of H-pyrrole nitrogens is 1. The Balaban J connectivity index is 2.02. The summed E-state index contributed by atoms with van der Waals surface area (Å²) in [4.78, 5) is 11.7. The van der Waals surface area contributed by atoms with Crippen LogP contribution in [-0.2, 0) is 10.3 Å². The maximum atomic E-state index is 11.7. The highest BCUT2D eigenvalue weighted by Gasteiger charge is 2.48. The number of nitrogens with one attached hydrogen (secondary N) is 2. The van der Waals surface area contributed by atoms with Gasteiger partial charge in [0.25, 0.3) is 0 Å². The van der Waals surface area contributed by atoms with Gasteiger partial charge in [-0.2, -0.15) is 5.10 Å².